The topological polar surface area (TPSA) is 17.8 Å². The summed E-state index contributed by atoms with van der Waals surface area (Å²) >= 11 is 0. The van der Waals surface area contributed by atoms with E-state index in [-0.39, 0.29) is 0 Å². The van der Waals surface area contributed by atoms with Crippen molar-refractivity contribution in [2.45, 2.75) is 53.0 Å². The van der Waals surface area contributed by atoms with Crippen molar-refractivity contribution < 1.29 is 0 Å². The van der Waals surface area contributed by atoms with Gasteiger partial charge in [-0.25, -0.2) is 0 Å². The highest BCUT2D eigenvalue weighted by molar-refractivity contribution is 5.28. The van der Waals surface area contributed by atoms with E-state index < -0.39 is 0 Å². The lowest BCUT2D eigenvalue weighted by atomic mass is 9.92. The summed E-state index contributed by atoms with van der Waals surface area (Å²) in [5, 5.41) is 4.53. The fourth-order valence-electron chi connectivity index (χ4n) is 2.65. The molecule has 1 aliphatic rings. The van der Waals surface area contributed by atoms with Gasteiger partial charge in [0.2, 0.25) is 0 Å². The molecule has 0 saturated heterocycles. The minimum absolute atomic E-state index is 0.687. The maximum atomic E-state index is 4.53. The van der Waals surface area contributed by atoms with Crippen molar-refractivity contribution >= 4 is 0 Å². The van der Waals surface area contributed by atoms with E-state index in [9.17, 15) is 0 Å². The molecule has 15 heavy (non-hydrogen) atoms. The lowest BCUT2D eigenvalue weighted by molar-refractivity contribution is 0.463. The molecule has 0 aromatic carbocycles. The molecular weight excluding hydrogens is 184 g/mol. The fourth-order valence-corrected chi connectivity index (χ4v) is 2.65. The van der Waals surface area contributed by atoms with E-state index >= 15 is 0 Å². The second-order valence-corrected chi connectivity index (χ2v) is 5.51. The SMILES string of the molecule is CC(C)Cn1ncc2c1CC[C@@H]2C(C)C. The quantitative estimate of drug-likeness (QED) is 0.742. The number of fused-ring (bicyclic) bond motifs is 1. The fraction of sp³-hybridized carbons (Fsp3) is 0.769. The Morgan fingerprint density at radius 1 is 1.40 bits per heavy atom. The molecule has 84 valence electrons. The molecule has 0 amide bonds. The third kappa shape index (κ3) is 1.95. The van der Waals surface area contributed by atoms with Crippen molar-refractivity contribution in [1.82, 2.24) is 9.78 Å². The van der Waals surface area contributed by atoms with Crippen LogP contribution in [0.2, 0.25) is 0 Å². The molecule has 1 aliphatic carbocycles. The summed E-state index contributed by atoms with van der Waals surface area (Å²) in [7, 11) is 0. The van der Waals surface area contributed by atoms with Crippen LogP contribution in [0.15, 0.2) is 6.20 Å². The normalized spacial score (nSPS) is 20.3. The van der Waals surface area contributed by atoms with E-state index in [2.05, 4.69) is 43.7 Å². The van der Waals surface area contributed by atoms with Crippen LogP contribution in [0.4, 0.5) is 0 Å². The smallest absolute Gasteiger partial charge is 0.0527 e. The van der Waals surface area contributed by atoms with Crippen LogP contribution in [0.25, 0.3) is 0 Å². The molecule has 1 aromatic heterocycles. The van der Waals surface area contributed by atoms with Crippen molar-refractivity contribution in [3.8, 4) is 0 Å². The van der Waals surface area contributed by atoms with Crippen molar-refractivity contribution in [2.75, 3.05) is 0 Å². The van der Waals surface area contributed by atoms with E-state index in [1.165, 1.54) is 24.1 Å². The molecular formula is C13H22N2. The molecule has 1 heterocycles. The van der Waals surface area contributed by atoms with Crippen LogP contribution in [0.1, 0.15) is 51.3 Å². The zero-order valence-corrected chi connectivity index (χ0v) is 10.3. The average molecular weight is 206 g/mol. The van der Waals surface area contributed by atoms with Gasteiger partial charge in [-0.2, -0.15) is 5.10 Å². The van der Waals surface area contributed by atoms with E-state index in [1.807, 2.05) is 0 Å². The highest BCUT2D eigenvalue weighted by Crippen LogP contribution is 2.38. The monoisotopic (exact) mass is 206 g/mol. The molecule has 1 aromatic rings. The third-order valence-electron chi connectivity index (χ3n) is 3.42. The maximum Gasteiger partial charge on any atom is 0.0527 e. The number of rotatable bonds is 3. The van der Waals surface area contributed by atoms with Crippen LogP contribution in [0.3, 0.4) is 0 Å². The molecule has 0 spiro atoms. The summed E-state index contributed by atoms with van der Waals surface area (Å²) in [6.07, 6.45) is 4.66. The third-order valence-corrected chi connectivity index (χ3v) is 3.42. The van der Waals surface area contributed by atoms with Crippen molar-refractivity contribution in [3.63, 3.8) is 0 Å². The van der Waals surface area contributed by atoms with Gasteiger partial charge < -0.3 is 0 Å². The minimum atomic E-state index is 0.687. The van der Waals surface area contributed by atoms with Crippen molar-refractivity contribution in [3.05, 3.63) is 17.5 Å². The van der Waals surface area contributed by atoms with Gasteiger partial charge in [0, 0.05) is 12.2 Å². The summed E-state index contributed by atoms with van der Waals surface area (Å²) < 4.78 is 2.22. The number of aromatic nitrogens is 2. The summed E-state index contributed by atoms with van der Waals surface area (Å²) in [6, 6.07) is 0. The average Bonchev–Trinajstić information content (AvgIpc) is 2.66. The zero-order chi connectivity index (χ0) is 11.0. The number of hydrogen-bond acceptors (Lipinski definition) is 1. The van der Waals surface area contributed by atoms with Gasteiger partial charge in [0.05, 0.1) is 6.20 Å². The van der Waals surface area contributed by atoms with Crippen molar-refractivity contribution in [1.29, 1.82) is 0 Å². The molecule has 0 unspecified atom stereocenters. The van der Waals surface area contributed by atoms with Gasteiger partial charge in [-0.15, -0.1) is 0 Å². The molecule has 0 aliphatic heterocycles. The Labute approximate surface area is 92.7 Å². The molecule has 0 radical (unpaired) electrons. The van der Waals surface area contributed by atoms with E-state index in [0.717, 1.165) is 18.4 Å². The first-order chi connectivity index (χ1) is 7.09. The number of hydrogen-bond donors (Lipinski definition) is 0. The summed E-state index contributed by atoms with van der Waals surface area (Å²) in [5.41, 5.74) is 3.02. The lowest BCUT2D eigenvalue weighted by Crippen LogP contribution is -2.08. The highest BCUT2D eigenvalue weighted by atomic mass is 15.3. The second-order valence-electron chi connectivity index (χ2n) is 5.51. The molecule has 2 heteroatoms. The van der Waals surface area contributed by atoms with Gasteiger partial charge in [-0.1, -0.05) is 27.7 Å². The molecule has 0 saturated carbocycles. The Bertz CT molecular complexity index is 336. The Hall–Kier alpha value is -0.790. The summed E-state index contributed by atoms with van der Waals surface area (Å²) in [5.74, 6) is 2.19. The summed E-state index contributed by atoms with van der Waals surface area (Å²) in [6.45, 7) is 10.2. The van der Waals surface area contributed by atoms with E-state index in [1.54, 1.807) is 0 Å². The first-order valence-corrected chi connectivity index (χ1v) is 6.14. The second kappa shape index (κ2) is 3.99. The Balaban J connectivity index is 2.23. The molecule has 0 bridgehead atoms. The minimum Gasteiger partial charge on any atom is -0.269 e. The molecule has 0 N–H and O–H groups in total. The van der Waals surface area contributed by atoms with Gasteiger partial charge in [0.15, 0.2) is 0 Å². The van der Waals surface area contributed by atoms with Crippen LogP contribution >= 0.6 is 0 Å². The van der Waals surface area contributed by atoms with Crippen LogP contribution in [0, 0.1) is 11.8 Å². The predicted octanol–water partition coefficient (Wildman–Crippen LogP) is 3.22. The van der Waals surface area contributed by atoms with Gasteiger partial charge in [-0.3, -0.25) is 4.68 Å². The van der Waals surface area contributed by atoms with Gasteiger partial charge in [-0.05, 0) is 36.2 Å². The number of nitrogens with zero attached hydrogens (tertiary/aromatic N) is 2. The molecule has 1 atom stereocenters. The standard InChI is InChI=1S/C13H22N2/c1-9(2)8-15-13-6-5-11(10(3)4)12(13)7-14-15/h7,9-11H,5-6,8H2,1-4H3/t11-/m1/s1. The first-order valence-electron chi connectivity index (χ1n) is 6.14. The first kappa shape index (κ1) is 10.7. The van der Waals surface area contributed by atoms with Crippen LogP contribution in [0.5, 0.6) is 0 Å². The van der Waals surface area contributed by atoms with Gasteiger partial charge in [0.25, 0.3) is 0 Å². The largest absolute Gasteiger partial charge is 0.269 e. The lowest BCUT2D eigenvalue weighted by Gasteiger charge is -2.12. The van der Waals surface area contributed by atoms with Crippen LogP contribution in [-0.2, 0) is 13.0 Å². The molecule has 2 nitrogen and oxygen atoms in total. The van der Waals surface area contributed by atoms with E-state index in [4.69, 9.17) is 0 Å². The van der Waals surface area contributed by atoms with Crippen LogP contribution in [-0.4, -0.2) is 9.78 Å². The van der Waals surface area contributed by atoms with Crippen LogP contribution < -0.4 is 0 Å². The highest BCUT2D eigenvalue weighted by Gasteiger charge is 2.28. The Morgan fingerprint density at radius 3 is 2.73 bits per heavy atom. The Kier molecular flexibility index (Phi) is 2.85. The summed E-state index contributed by atoms with van der Waals surface area (Å²) in [4.78, 5) is 0. The zero-order valence-electron chi connectivity index (χ0n) is 10.3. The van der Waals surface area contributed by atoms with Gasteiger partial charge >= 0.3 is 0 Å². The predicted molar refractivity (Wildman–Crippen MR) is 63.0 cm³/mol. The van der Waals surface area contributed by atoms with E-state index in [0.29, 0.717) is 5.92 Å². The van der Waals surface area contributed by atoms with Crippen molar-refractivity contribution in [2.24, 2.45) is 11.8 Å². The Morgan fingerprint density at radius 2 is 2.13 bits per heavy atom. The maximum absolute atomic E-state index is 4.53. The molecule has 0 fully saturated rings. The van der Waals surface area contributed by atoms with Gasteiger partial charge in [0.1, 0.15) is 0 Å². The molecule has 2 rings (SSSR count).